The van der Waals surface area contributed by atoms with Crippen LogP contribution in [0.3, 0.4) is 0 Å². The number of nitrogens with one attached hydrogen (secondary N) is 1. The van der Waals surface area contributed by atoms with Crippen molar-refractivity contribution in [3.63, 3.8) is 0 Å². The molecule has 7 heteroatoms. The topological polar surface area (TPSA) is 64.6 Å². The third-order valence-corrected chi connectivity index (χ3v) is 5.21. The van der Waals surface area contributed by atoms with Crippen molar-refractivity contribution in [1.29, 1.82) is 0 Å². The van der Waals surface area contributed by atoms with Crippen LogP contribution < -0.4 is 10.1 Å². The highest BCUT2D eigenvalue weighted by Gasteiger charge is 2.22. The lowest BCUT2D eigenvalue weighted by molar-refractivity contribution is -0.123. The number of rotatable bonds is 6. The van der Waals surface area contributed by atoms with E-state index in [1.807, 2.05) is 13.8 Å². The van der Waals surface area contributed by atoms with Gasteiger partial charge in [-0.1, -0.05) is 18.5 Å². The summed E-state index contributed by atoms with van der Waals surface area (Å²) in [6.45, 7) is 5.50. The summed E-state index contributed by atoms with van der Waals surface area (Å²) in [5.41, 5.74) is 1.48. The smallest absolute Gasteiger partial charge is 0.349 e. The summed E-state index contributed by atoms with van der Waals surface area (Å²) < 4.78 is 10.5. The van der Waals surface area contributed by atoms with Crippen LogP contribution in [0.2, 0.25) is 5.02 Å². The number of carbonyl (C=O) groups excluding carboxylic acids is 2. The van der Waals surface area contributed by atoms with Gasteiger partial charge in [0.1, 0.15) is 10.6 Å². The van der Waals surface area contributed by atoms with Gasteiger partial charge in [-0.25, -0.2) is 4.79 Å². The van der Waals surface area contributed by atoms with E-state index < -0.39 is 18.0 Å². The molecule has 0 aliphatic rings. The van der Waals surface area contributed by atoms with E-state index in [9.17, 15) is 9.59 Å². The molecule has 2 aromatic rings. The van der Waals surface area contributed by atoms with Crippen molar-refractivity contribution in [3.8, 4) is 5.75 Å². The van der Waals surface area contributed by atoms with Crippen LogP contribution in [0.25, 0.3) is 0 Å². The van der Waals surface area contributed by atoms with Gasteiger partial charge in [0.15, 0.2) is 6.10 Å². The lowest BCUT2D eigenvalue weighted by atomic mass is 10.2. The molecule has 1 N–H and O–H groups in total. The van der Waals surface area contributed by atoms with Gasteiger partial charge in [-0.3, -0.25) is 4.79 Å². The lowest BCUT2D eigenvalue weighted by Gasteiger charge is -2.15. The number of aryl methyl sites for hydroxylation is 2. The summed E-state index contributed by atoms with van der Waals surface area (Å²) in [5.74, 6) is -0.496. The van der Waals surface area contributed by atoms with Gasteiger partial charge in [0.2, 0.25) is 0 Å². The molecule has 5 nitrogen and oxygen atoms in total. The van der Waals surface area contributed by atoms with Gasteiger partial charge < -0.3 is 14.8 Å². The van der Waals surface area contributed by atoms with Crippen LogP contribution in [-0.4, -0.2) is 25.1 Å². The molecule has 1 atom stereocenters. The van der Waals surface area contributed by atoms with E-state index in [4.69, 9.17) is 21.1 Å². The molecule has 0 saturated heterocycles. The van der Waals surface area contributed by atoms with Crippen molar-refractivity contribution in [2.45, 2.75) is 33.3 Å². The average Bonchev–Trinajstić information content (AvgIpc) is 2.96. The molecule has 1 aromatic heterocycles. The van der Waals surface area contributed by atoms with Crippen molar-refractivity contribution in [3.05, 3.63) is 44.6 Å². The molecule has 2 rings (SSSR count). The fraction of sp³-hybridized carbons (Fsp3) is 0.333. The molecule has 0 bridgehead atoms. The first-order valence-corrected chi connectivity index (χ1v) is 8.99. The fourth-order valence-electron chi connectivity index (χ4n) is 2.26. The first-order chi connectivity index (χ1) is 11.8. The molecule has 0 aliphatic heterocycles. The van der Waals surface area contributed by atoms with Crippen molar-refractivity contribution in [2.75, 3.05) is 12.4 Å². The largest absolute Gasteiger partial charge is 0.495 e. The Kier molecular flexibility index (Phi) is 6.45. The monoisotopic (exact) mass is 381 g/mol. The van der Waals surface area contributed by atoms with Crippen LogP contribution in [-0.2, 0) is 16.0 Å². The second kappa shape index (κ2) is 8.36. The Morgan fingerprint density at radius 2 is 2.04 bits per heavy atom. The van der Waals surface area contributed by atoms with Crippen LogP contribution in [0.4, 0.5) is 5.69 Å². The predicted octanol–water partition coefficient (Wildman–Crippen LogP) is 4.46. The van der Waals surface area contributed by atoms with Gasteiger partial charge in [0.05, 0.1) is 12.8 Å². The minimum absolute atomic E-state index is 0.420. The number of hydrogen-bond donors (Lipinski definition) is 1. The number of benzene rings is 1. The summed E-state index contributed by atoms with van der Waals surface area (Å²) in [6.07, 6.45) is -0.0994. The van der Waals surface area contributed by atoms with Crippen molar-refractivity contribution < 1.29 is 19.1 Å². The van der Waals surface area contributed by atoms with Gasteiger partial charge in [-0.05, 0) is 50.1 Å². The molecule has 0 aliphatic carbocycles. The molecule has 134 valence electrons. The van der Waals surface area contributed by atoms with E-state index in [0.29, 0.717) is 21.3 Å². The quantitative estimate of drug-likeness (QED) is 0.750. The van der Waals surface area contributed by atoms with E-state index in [0.717, 1.165) is 16.9 Å². The zero-order valence-corrected chi connectivity index (χ0v) is 16.1. The molecule has 0 saturated carbocycles. The van der Waals surface area contributed by atoms with Crippen LogP contribution in [0, 0.1) is 6.92 Å². The molecule has 1 heterocycles. The molecule has 0 fully saturated rings. The number of ether oxygens (including phenoxy) is 2. The summed E-state index contributed by atoms with van der Waals surface area (Å²) in [7, 11) is 1.49. The number of hydrogen-bond acceptors (Lipinski definition) is 5. The van der Waals surface area contributed by atoms with E-state index in [1.54, 1.807) is 24.3 Å². The van der Waals surface area contributed by atoms with Gasteiger partial charge in [-0.15, -0.1) is 11.3 Å². The highest BCUT2D eigenvalue weighted by molar-refractivity contribution is 7.14. The Morgan fingerprint density at radius 3 is 2.64 bits per heavy atom. The van der Waals surface area contributed by atoms with Crippen molar-refractivity contribution >= 4 is 40.5 Å². The van der Waals surface area contributed by atoms with Gasteiger partial charge in [0.25, 0.3) is 5.91 Å². The Hall–Kier alpha value is -2.05. The first kappa shape index (κ1) is 19.3. The maximum absolute atomic E-state index is 12.3. The highest BCUT2D eigenvalue weighted by Crippen LogP contribution is 2.28. The number of anilines is 1. The average molecular weight is 382 g/mol. The maximum atomic E-state index is 12.3. The maximum Gasteiger partial charge on any atom is 0.349 e. The standard InChI is InChI=1S/C18H20ClNO4S/c1-5-15-10(2)8-16(25-15)18(22)24-11(3)17(21)20-13-9-12(19)6-7-14(13)23-4/h6-9,11H,5H2,1-4H3,(H,20,21). The Balaban J connectivity index is 2.05. The predicted molar refractivity (Wildman–Crippen MR) is 99.9 cm³/mol. The van der Waals surface area contributed by atoms with Crippen LogP contribution in [0.5, 0.6) is 5.75 Å². The van der Waals surface area contributed by atoms with Crippen LogP contribution in [0.1, 0.15) is 34.0 Å². The Morgan fingerprint density at radius 1 is 1.32 bits per heavy atom. The number of amides is 1. The van der Waals surface area contributed by atoms with E-state index in [1.165, 1.54) is 25.4 Å². The van der Waals surface area contributed by atoms with Gasteiger partial charge in [-0.2, -0.15) is 0 Å². The molecule has 0 spiro atoms. The van der Waals surface area contributed by atoms with E-state index in [2.05, 4.69) is 5.32 Å². The third kappa shape index (κ3) is 4.74. The third-order valence-electron chi connectivity index (χ3n) is 3.62. The van der Waals surface area contributed by atoms with Crippen molar-refractivity contribution in [1.82, 2.24) is 0 Å². The molecule has 1 amide bonds. The summed E-state index contributed by atoms with van der Waals surface area (Å²) in [4.78, 5) is 26.2. The van der Waals surface area contributed by atoms with Crippen LogP contribution >= 0.6 is 22.9 Å². The molecule has 25 heavy (non-hydrogen) atoms. The Labute approximate surface area is 155 Å². The fourth-order valence-corrected chi connectivity index (χ4v) is 3.42. The summed E-state index contributed by atoms with van der Waals surface area (Å²) in [5, 5.41) is 3.12. The van der Waals surface area contributed by atoms with E-state index in [-0.39, 0.29) is 0 Å². The summed E-state index contributed by atoms with van der Waals surface area (Å²) in [6, 6.07) is 6.67. The highest BCUT2D eigenvalue weighted by atomic mass is 35.5. The molecular weight excluding hydrogens is 362 g/mol. The molecule has 0 radical (unpaired) electrons. The number of methoxy groups -OCH3 is 1. The first-order valence-electron chi connectivity index (χ1n) is 7.80. The normalized spacial score (nSPS) is 11.7. The second-order valence-electron chi connectivity index (χ2n) is 5.45. The number of halogens is 1. The molecular formula is C18H20ClNO4S. The molecule has 1 aromatic carbocycles. The second-order valence-corrected chi connectivity index (χ2v) is 7.02. The molecule has 1 unspecified atom stereocenters. The van der Waals surface area contributed by atoms with E-state index >= 15 is 0 Å². The Bertz CT molecular complexity index is 787. The number of esters is 1. The van der Waals surface area contributed by atoms with Crippen molar-refractivity contribution in [2.24, 2.45) is 0 Å². The van der Waals surface area contributed by atoms with Gasteiger partial charge in [0, 0.05) is 9.90 Å². The zero-order valence-electron chi connectivity index (χ0n) is 14.5. The summed E-state index contributed by atoms with van der Waals surface area (Å²) >= 11 is 7.33. The lowest BCUT2D eigenvalue weighted by Crippen LogP contribution is -2.30. The zero-order chi connectivity index (χ0) is 18.6. The number of thiophene rings is 1. The SMILES string of the molecule is CCc1sc(C(=O)OC(C)C(=O)Nc2cc(Cl)ccc2OC)cc1C. The van der Waals surface area contributed by atoms with Crippen LogP contribution in [0.15, 0.2) is 24.3 Å². The minimum atomic E-state index is -0.955. The number of carbonyl (C=O) groups is 2. The minimum Gasteiger partial charge on any atom is -0.495 e. The van der Waals surface area contributed by atoms with Gasteiger partial charge >= 0.3 is 5.97 Å².